The number of likely N-dealkylation sites (N-methyl/N-ethyl adjacent to an activating group) is 4. The van der Waals surface area contributed by atoms with E-state index in [1.54, 1.807) is 34.3 Å². The number of aliphatic carboxylic acids is 4. The zero-order chi connectivity index (χ0) is 75.6. The number of carbonyl (C=O) groups is 4. The second-order valence-corrected chi connectivity index (χ2v) is 31.3. The van der Waals surface area contributed by atoms with E-state index < -0.39 is 85.6 Å². The molecule has 4 aromatic carbocycles. The number of nitrogens with one attached hydrogen (secondary N) is 4. The van der Waals surface area contributed by atoms with Gasteiger partial charge in [0, 0.05) is 32.7 Å². The van der Waals surface area contributed by atoms with Gasteiger partial charge in [-0.05, 0) is 304 Å². The molecule has 8 atom stereocenters. The Bertz CT molecular complexity index is 3450. The molecule has 103 heavy (non-hydrogen) atoms. The summed E-state index contributed by atoms with van der Waals surface area (Å²) >= 11 is 6.50. The second-order valence-electron chi connectivity index (χ2n) is 30.9. The average Bonchev–Trinajstić information content (AvgIpc) is 1.63. The summed E-state index contributed by atoms with van der Waals surface area (Å²) in [6.07, 6.45) is 18.7. The number of hydrogen-bond donors (Lipinski definition) is 20. The zero-order valence-corrected chi connectivity index (χ0v) is 60.9. The molecule has 0 saturated heterocycles. The van der Waals surface area contributed by atoms with E-state index in [1.165, 1.54) is 6.07 Å². The van der Waals surface area contributed by atoms with Gasteiger partial charge >= 0.3 is 52.4 Å². The standard InChI is InChI=1S/C19H29BN2O4.C18H26BClN2O4.C18H26BFN2O4.C18H27BN2O4/c1-12-9-13-10-14(5-3-8-20(25)26)19(22-2,17(23)24)16(13)11-15(12)18(21)6-4-7-18;2*1-22-18(16(23)24)12(4-2-7-19(25)26)8-11-9-15(20)14(10-13(11)18)17(21)5-3-6-17;1-21-18(16(22)23)14(4-2-9-19(24)25)10-12-5-6-13(11-15(12)18)17(20)7-3-8-17/h9,11,14,22,25-26H,3-8,10,21H2,1-2H3,(H,23,24);2*9-10,12,22,25-26H,2-8,21H2,1H3,(H,23,24);5-6,11,14,21,24-25H,2-4,7-10,20H2,1H3,(H,22,23)/t14-,19+;2*12-,18+;14-,18+/m0000/s1. The molecule has 0 heterocycles. The van der Waals surface area contributed by atoms with Gasteiger partial charge in [-0.2, -0.15) is 0 Å². The number of aryl methyl sites for hydroxylation is 1. The Kier molecular flexibility index (Phi) is 25.8. The van der Waals surface area contributed by atoms with Crippen LogP contribution in [0, 0.1) is 36.4 Å². The van der Waals surface area contributed by atoms with Crippen LogP contribution in [0.25, 0.3) is 0 Å². The number of carboxylic acid groups (broad SMARTS) is 4. The summed E-state index contributed by atoms with van der Waals surface area (Å²) in [6.45, 7) is 2.06. The average molecular weight is 1450 g/mol. The zero-order valence-electron chi connectivity index (χ0n) is 60.2. The molecule has 8 aliphatic carbocycles. The van der Waals surface area contributed by atoms with E-state index in [0.29, 0.717) is 112 Å². The van der Waals surface area contributed by atoms with Gasteiger partial charge in [-0.1, -0.05) is 67.6 Å². The molecule has 12 rings (SSSR count). The number of fused-ring (bicyclic) bond motifs is 4. The SMILES string of the molecule is CN[C@@]1(C(=O)O)c2cc(C3(N)CCC3)c(C)cc2C[C@@H]1CCCB(O)O.CN[C@@]1(C(=O)O)c2cc(C3(N)CCC3)c(Cl)cc2C[C@@H]1CCCB(O)O.CN[C@@]1(C(=O)O)c2cc(C3(N)CCC3)c(F)cc2C[C@@H]1CCCB(O)O.CN[C@@]1(C(=O)O)c2cc(C3(N)CCC3)ccc2C[C@@H]1CCCB(O)O. The van der Waals surface area contributed by atoms with Crippen molar-refractivity contribution in [1.82, 2.24) is 21.3 Å². The molecule has 4 fully saturated rings. The Hall–Kier alpha value is -5.40. The van der Waals surface area contributed by atoms with Crippen molar-refractivity contribution in [3.63, 3.8) is 0 Å². The van der Waals surface area contributed by atoms with Gasteiger partial charge in [0.15, 0.2) is 0 Å². The van der Waals surface area contributed by atoms with Gasteiger partial charge in [0.1, 0.15) is 28.0 Å². The van der Waals surface area contributed by atoms with E-state index in [1.807, 2.05) is 36.4 Å². The highest BCUT2D eigenvalue weighted by Gasteiger charge is 2.57. The first-order chi connectivity index (χ1) is 48.6. The maximum Gasteiger partial charge on any atom is 0.451 e. The van der Waals surface area contributed by atoms with E-state index in [9.17, 15) is 44.0 Å². The topological polar surface area (TPSA) is 463 Å². The van der Waals surface area contributed by atoms with E-state index >= 15 is 0 Å². The molecular formula is C73H108B4ClFN8O16. The molecule has 30 heteroatoms. The molecule has 8 aliphatic rings. The summed E-state index contributed by atoms with van der Waals surface area (Å²) in [6, 6.07) is 17.0. The summed E-state index contributed by atoms with van der Waals surface area (Å²) in [7, 11) is 1.16. The fourth-order valence-corrected chi connectivity index (χ4v) is 19.0. The minimum absolute atomic E-state index is 0.130. The summed E-state index contributed by atoms with van der Waals surface area (Å²) in [5.74, 6) is -4.84. The number of carboxylic acids is 4. The Morgan fingerprint density at radius 1 is 0.417 bits per heavy atom. The van der Waals surface area contributed by atoms with Crippen LogP contribution < -0.4 is 44.2 Å². The third kappa shape index (κ3) is 15.6. The molecular weight excluding hydrogens is 1340 g/mol. The van der Waals surface area contributed by atoms with Crippen LogP contribution in [0.2, 0.25) is 30.3 Å². The predicted molar refractivity (Wildman–Crippen MR) is 394 cm³/mol. The molecule has 0 bridgehead atoms. The van der Waals surface area contributed by atoms with Crippen molar-refractivity contribution < 1.29 is 84.2 Å². The van der Waals surface area contributed by atoms with Crippen molar-refractivity contribution in [3.05, 3.63) is 138 Å². The molecule has 0 spiro atoms. The fourth-order valence-electron chi connectivity index (χ4n) is 18.6. The highest BCUT2D eigenvalue weighted by molar-refractivity contribution is 6.41. The van der Waals surface area contributed by atoms with Gasteiger partial charge in [0.05, 0.1) is 0 Å². The Labute approximate surface area is 609 Å². The van der Waals surface area contributed by atoms with Crippen molar-refractivity contribution in [2.45, 2.75) is 231 Å². The van der Waals surface area contributed by atoms with Crippen molar-refractivity contribution in [2.75, 3.05) is 28.2 Å². The number of benzene rings is 4. The van der Waals surface area contributed by atoms with Crippen LogP contribution in [0.3, 0.4) is 0 Å². The van der Waals surface area contributed by atoms with Crippen molar-refractivity contribution in [1.29, 1.82) is 0 Å². The fraction of sp³-hybridized carbons (Fsp3) is 0.616. The lowest BCUT2D eigenvalue weighted by atomic mass is 9.70. The Morgan fingerprint density at radius 2 is 0.709 bits per heavy atom. The van der Waals surface area contributed by atoms with Crippen LogP contribution in [-0.2, 0) is 89.2 Å². The molecule has 24 N–H and O–H groups in total. The molecule has 0 aliphatic heterocycles. The van der Waals surface area contributed by atoms with Crippen LogP contribution >= 0.6 is 11.6 Å². The number of nitrogens with two attached hydrogens (primary N) is 4. The molecule has 24 nitrogen and oxygen atoms in total. The smallest absolute Gasteiger partial charge is 0.451 e. The van der Waals surface area contributed by atoms with E-state index in [2.05, 4.69) is 34.3 Å². The largest absolute Gasteiger partial charge is 0.480 e. The quantitative estimate of drug-likeness (QED) is 0.0336. The van der Waals surface area contributed by atoms with Crippen LogP contribution in [0.4, 0.5) is 4.39 Å². The van der Waals surface area contributed by atoms with Crippen molar-refractivity contribution >= 4 is 64.0 Å². The van der Waals surface area contributed by atoms with Gasteiger partial charge in [-0.25, -0.2) is 23.6 Å². The number of rotatable bonds is 28. The lowest BCUT2D eigenvalue weighted by molar-refractivity contribution is -0.148. The normalized spacial score (nSPS) is 26.4. The highest BCUT2D eigenvalue weighted by Crippen LogP contribution is 2.54. The van der Waals surface area contributed by atoms with Crippen molar-refractivity contribution in [3.8, 4) is 0 Å². The molecule has 0 unspecified atom stereocenters. The number of halogens is 2. The van der Waals surface area contributed by atoms with Crippen LogP contribution in [0.5, 0.6) is 0 Å². The summed E-state index contributed by atoms with van der Waals surface area (Å²) in [4.78, 5) is 49.2. The van der Waals surface area contributed by atoms with Crippen LogP contribution in [0.1, 0.15) is 201 Å². The molecule has 0 aromatic heterocycles. The lowest BCUT2D eigenvalue weighted by Gasteiger charge is -2.40. The maximum atomic E-state index is 14.7. The van der Waals surface area contributed by atoms with Gasteiger partial charge in [0.2, 0.25) is 0 Å². The van der Waals surface area contributed by atoms with Crippen molar-refractivity contribution in [2.24, 2.45) is 46.6 Å². The minimum atomic E-state index is -1.41. The van der Waals surface area contributed by atoms with E-state index in [-0.39, 0.29) is 65.8 Å². The minimum Gasteiger partial charge on any atom is -0.480 e. The third-order valence-electron chi connectivity index (χ3n) is 25.1. The second kappa shape index (κ2) is 32.6. The first-order valence-corrected chi connectivity index (χ1v) is 37.2. The predicted octanol–water partition coefficient (Wildman–Crippen LogP) is 4.90. The van der Waals surface area contributed by atoms with E-state index in [4.69, 9.17) is 74.7 Å². The first kappa shape index (κ1) is 81.7. The highest BCUT2D eigenvalue weighted by atomic mass is 35.5. The number of hydrogen-bond acceptors (Lipinski definition) is 20. The summed E-state index contributed by atoms with van der Waals surface area (Å²) in [5, 5.41) is 126. The van der Waals surface area contributed by atoms with Crippen LogP contribution in [0.15, 0.2) is 54.6 Å². The molecule has 0 amide bonds. The third-order valence-corrected chi connectivity index (χ3v) is 25.4. The lowest BCUT2D eigenvalue weighted by Crippen LogP contribution is -2.51. The van der Waals surface area contributed by atoms with Gasteiger partial charge in [0.25, 0.3) is 0 Å². The molecule has 4 saturated carbocycles. The van der Waals surface area contributed by atoms with Gasteiger partial charge < -0.3 is 105 Å². The van der Waals surface area contributed by atoms with Gasteiger partial charge in [-0.15, -0.1) is 0 Å². The summed E-state index contributed by atoms with van der Waals surface area (Å²) in [5.41, 5.74) is 30.2. The monoisotopic (exact) mass is 1450 g/mol. The summed E-state index contributed by atoms with van der Waals surface area (Å²) < 4.78 is 14.7. The molecule has 4 aromatic rings. The maximum absolute atomic E-state index is 14.7. The van der Waals surface area contributed by atoms with E-state index in [0.717, 1.165) is 120 Å². The Balaban J connectivity index is 0.000000160. The van der Waals surface area contributed by atoms with Gasteiger partial charge in [-0.3, -0.25) is 0 Å². The van der Waals surface area contributed by atoms with Crippen LogP contribution in [-0.4, -0.2) is 141 Å². The first-order valence-electron chi connectivity index (χ1n) is 36.8. The molecule has 562 valence electrons. The Morgan fingerprint density at radius 3 is 1.03 bits per heavy atom. The molecule has 0 radical (unpaired) electrons.